The summed E-state index contributed by atoms with van der Waals surface area (Å²) in [7, 11) is 0. The highest BCUT2D eigenvalue weighted by atomic mass is 35.5. The van der Waals surface area contributed by atoms with Crippen molar-refractivity contribution in [1.82, 2.24) is 4.98 Å². The molecule has 1 aliphatic rings. The number of halogens is 1. The second kappa shape index (κ2) is 8.23. The van der Waals surface area contributed by atoms with E-state index in [1.165, 1.54) is 11.3 Å². The molecule has 0 unspecified atom stereocenters. The second-order valence-corrected chi connectivity index (χ2v) is 6.40. The predicted octanol–water partition coefficient (Wildman–Crippen LogP) is 2.67. The normalized spacial score (nSPS) is 13.0. The van der Waals surface area contributed by atoms with Gasteiger partial charge in [-0.25, -0.2) is 4.98 Å². The average Bonchev–Trinajstić information content (AvgIpc) is 3.29. The number of nitrogens with one attached hydrogen (secondary N) is 2. The maximum atomic E-state index is 12.1. The number of thiazole rings is 1. The van der Waals surface area contributed by atoms with Crippen LogP contribution in [0.3, 0.4) is 0 Å². The lowest BCUT2D eigenvalue weighted by molar-refractivity contribution is -0.117. The Kier molecular flexibility index (Phi) is 6.30. The van der Waals surface area contributed by atoms with Crippen molar-refractivity contribution in [2.45, 2.75) is 19.3 Å². The number of carbonyl (C=O) groups excluding carboxylic acids is 2. The fourth-order valence-corrected chi connectivity index (χ4v) is 2.87. The first-order valence-electron chi connectivity index (χ1n) is 7.52. The standard InChI is InChI=1S/C16H18N4O2S.ClH/c17-8-7-14-20-13(9-23-14)16(22)19-12-5-3-11(4-6-12)18-15(21)10-1-2-10;/h3-6,9-10H,1-2,7-8,17H2,(H,18,21)(H,19,22);1H. The van der Waals surface area contributed by atoms with E-state index in [1.807, 2.05) is 0 Å². The van der Waals surface area contributed by atoms with Crippen LogP contribution in [0.2, 0.25) is 0 Å². The third-order valence-electron chi connectivity index (χ3n) is 3.50. The van der Waals surface area contributed by atoms with Crippen molar-refractivity contribution in [2.24, 2.45) is 11.7 Å². The number of aromatic nitrogens is 1. The third kappa shape index (κ3) is 4.77. The van der Waals surface area contributed by atoms with Crippen molar-refractivity contribution in [3.05, 3.63) is 40.3 Å². The van der Waals surface area contributed by atoms with Gasteiger partial charge in [0.25, 0.3) is 5.91 Å². The molecule has 128 valence electrons. The van der Waals surface area contributed by atoms with Gasteiger partial charge in [0.1, 0.15) is 5.69 Å². The quantitative estimate of drug-likeness (QED) is 0.732. The number of hydrogen-bond donors (Lipinski definition) is 3. The smallest absolute Gasteiger partial charge is 0.275 e. The molecule has 0 atom stereocenters. The van der Waals surface area contributed by atoms with Crippen molar-refractivity contribution in [3.8, 4) is 0 Å². The summed E-state index contributed by atoms with van der Waals surface area (Å²) >= 11 is 1.43. The molecule has 2 aromatic rings. The predicted molar refractivity (Wildman–Crippen MR) is 97.9 cm³/mol. The van der Waals surface area contributed by atoms with E-state index in [0.717, 1.165) is 23.5 Å². The first-order valence-corrected chi connectivity index (χ1v) is 8.40. The number of anilines is 2. The molecule has 0 radical (unpaired) electrons. The maximum absolute atomic E-state index is 12.1. The van der Waals surface area contributed by atoms with Crippen LogP contribution >= 0.6 is 23.7 Å². The fraction of sp³-hybridized carbons (Fsp3) is 0.312. The highest BCUT2D eigenvalue weighted by molar-refractivity contribution is 7.09. The molecule has 1 heterocycles. The number of amides is 2. The van der Waals surface area contributed by atoms with Crippen LogP contribution in [-0.4, -0.2) is 23.3 Å². The molecule has 8 heteroatoms. The first kappa shape index (κ1) is 18.4. The zero-order chi connectivity index (χ0) is 16.2. The third-order valence-corrected chi connectivity index (χ3v) is 4.41. The van der Waals surface area contributed by atoms with Crippen molar-refractivity contribution in [2.75, 3.05) is 17.2 Å². The monoisotopic (exact) mass is 366 g/mol. The van der Waals surface area contributed by atoms with Gasteiger partial charge in [-0.05, 0) is 43.7 Å². The lowest BCUT2D eigenvalue weighted by Crippen LogP contribution is -2.14. The summed E-state index contributed by atoms with van der Waals surface area (Å²) in [5.41, 5.74) is 7.26. The van der Waals surface area contributed by atoms with Gasteiger partial charge in [-0.1, -0.05) is 0 Å². The van der Waals surface area contributed by atoms with Gasteiger partial charge in [-0.3, -0.25) is 9.59 Å². The van der Waals surface area contributed by atoms with E-state index in [9.17, 15) is 9.59 Å². The summed E-state index contributed by atoms with van der Waals surface area (Å²) in [6, 6.07) is 7.06. The first-order chi connectivity index (χ1) is 11.2. The minimum Gasteiger partial charge on any atom is -0.330 e. The van der Waals surface area contributed by atoms with Crippen molar-refractivity contribution >= 4 is 46.9 Å². The SMILES string of the molecule is Cl.NCCc1nc(C(=O)Nc2ccc(NC(=O)C3CC3)cc2)cs1. The van der Waals surface area contributed by atoms with Crippen LogP contribution < -0.4 is 16.4 Å². The summed E-state index contributed by atoms with van der Waals surface area (Å²) in [4.78, 5) is 28.1. The zero-order valence-corrected chi connectivity index (χ0v) is 14.6. The lowest BCUT2D eigenvalue weighted by atomic mass is 10.2. The molecule has 1 aliphatic carbocycles. The minimum atomic E-state index is -0.251. The highest BCUT2D eigenvalue weighted by Crippen LogP contribution is 2.30. The van der Waals surface area contributed by atoms with Gasteiger partial charge in [0, 0.05) is 29.1 Å². The molecule has 1 aromatic carbocycles. The molecule has 1 saturated carbocycles. The number of benzene rings is 1. The van der Waals surface area contributed by atoms with Crippen LogP contribution in [0.4, 0.5) is 11.4 Å². The Hall–Kier alpha value is -1.96. The van der Waals surface area contributed by atoms with Gasteiger partial charge in [0.15, 0.2) is 0 Å². The topological polar surface area (TPSA) is 97.1 Å². The van der Waals surface area contributed by atoms with Crippen LogP contribution in [0.25, 0.3) is 0 Å². The molecule has 6 nitrogen and oxygen atoms in total. The van der Waals surface area contributed by atoms with Gasteiger partial charge in [0.2, 0.25) is 5.91 Å². The van der Waals surface area contributed by atoms with E-state index in [0.29, 0.717) is 24.3 Å². The van der Waals surface area contributed by atoms with E-state index in [2.05, 4.69) is 15.6 Å². The Bertz CT molecular complexity index is 713. The van der Waals surface area contributed by atoms with Gasteiger partial charge in [-0.2, -0.15) is 0 Å². The molecular weight excluding hydrogens is 348 g/mol. The van der Waals surface area contributed by atoms with E-state index >= 15 is 0 Å². The van der Waals surface area contributed by atoms with Crippen LogP contribution in [0.1, 0.15) is 28.3 Å². The van der Waals surface area contributed by atoms with Gasteiger partial charge in [0.05, 0.1) is 5.01 Å². The van der Waals surface area contributed by atoms with E-state index < -0.39 is 0 Å². The molecule has 24 heavy (non-hydrogen) atoms. The summed E-state index contributed by atoms with van der Waals surface area (Å²) < 4.78 is 0. The van der Waals surface area contributed by atoms with Crippen LogP contribution in [0.5, 0.6) is 0 Å². The van der Waals surface area contributed by atoms with Gasteiger partial charge < -0.3 is 16.4 Å². The molecule has 0 aliphatic heterocycles. The number of carbonyl (C=O) groups is 2. The molecule has 2 amide bonds. The van der Waals surface area contributed by atoms with Gasteiger partial charge in [-0.15, -0.1) is 23.7 Å². The largest absolute Gasteiger partial charge is 0.330 e. The summed E-state index contributed by atoms with van der Waals surface area (Å²) in [5.74, 6) is -0.0160. The second-order valence-electron chi connectivity index (χ2n) is 5.46. The van der Waals surface area contributed by atoms with Crippen LogP contribution in [-0.2, 0) is 11.2 Å². The number of nitrogens with two attached hydrogens (primary N) is 1. The molecule has 1 fully saturated rings. The van der Waals surface area contributed by atoms with Crippen molar-refractivity contribution in [3.63, 3.8) is 0 Å². The Labute approximate surface area is 150 Å². The van der Waals surface area contributed by atoms with Crippen molar-refractivity contribution < 1.29 is 9.59 Å². The number of rotatable bonds is 6. The zero-order valence-electron chi connectivity index (χ0n) is 13.0. The average molecular weight is 367 g/mol. The molecular formula is C16H19ClN4O2S. The minimum absolute atomic E-state index is 0. The maximum Gasteiger partial charge on any atom is 0.275 e. The van der Waals surface area contributed by atoms with Crippen molar-refractivity contribution in [1.29, 1.82) is 0 Å². The summed E-state index contributed by atoms with van der Waals surface area (Å²) in [5, 5.41) is 8.23. The highest BCUT2D eigenvalue weighted by Gasteiger charge is 2.29. The molecule has 0 saturated heterocycles. The fourth-order valence-electron chi connectivity index (χ4n) is 2.08. The Morgan fingerprint density at radius 2 is 1.79 bits per heavy atom. The molecule has 0 spiro atoms. The van der Waals surface area contributed by atoms with E-state index in [4.69, 9.17) is 5.73 Å². The molecule has 1 aromatic heterocycles. The summed E-state index contributed by atoms with van der Waals surface area (Å²) in [6.07, 6.45) is 2.62. The lowest BCUT2D eigenvalue weighted by Gasteiger charge is -2.06. The van der Waals surface area contributed by atoms with Crippen LogP contribution in [0.15, 0.2) is 29.6 Å². The Balaban J connectivity index is 0.00000208. The molecule has 0 bridgehead atoms. The van der Waals surface area contributed by atoms with Gasteiger partial charge >= 0.3 is 0 Å². The molecule has 3 rings (SSSR count). The number of hydrogen-bond acceptors (Lipinski definition) is 5. The summed E-state index contributed by atoms with van der Waals surface area (Å²) in [6.45, 7) is 0.516. The van der Waals surface area contributed by atoms with Crippen LogP contribution in [0, 0.1) is 5.92 Å². The number of nitrogens with zero attached hydrogens (tertiary/aromatic N) is 1. The van der Waals surface area contributed by atoms with E-state index in [1.54, 1.807) is 29.6 Å². The Morgan fingerprint density at radius 3 is 2.38 bits per heavy atom. The van der Waals surface area contributed by atoms with E-state index in [-0.39, 0.29) is 30.1 Å². The Morgan fingerprint density at radius 1 is 1.17 bits per heavy atom. The molecule has 4 N–H and O–H groups in total.